The molecule has 1 amide bonds. The Balaban J connectivity index is 1.26. The summed E-state index contributed by atoms with van der Waals surface area (Å²) in [6.45, 7) is 8.32. The van der Waals surface area contributed by atoms with Gasteiger partial charge in [0.05, 0.1) is 5.39 Å². The van der Waals surface area contributed by atoms with Crippen molar-refractivity contribution in [1.82, 2.24) is 24.3 Å². The number of nitrogens with two attached hydrogens (primary N) is 1. The summed E-state index contributed by atoms with van der Waals surface area (Å²) in [5.74, 6) is 0.357. The van der Waals surface area contributed by atoms with Crippen LogP contribution in [0.1, 0.15) is 52.7 Å². The van der Waals surface area contributed by atoms with Crippen molar-refractivity contribution in [1.29, 1.82) is 0 Å². The monoisotopic (exact) mass is 488 g/mol. The van der Waals surface area contributed by atoms with E-state index in [0.717, 1.165) is 32.2 Å². The van der Waals surface area contributed by atoms with E-state index in [2.05, 4.69) is 14.9 Å². The van der Waals surface area contributed by atoms with Crippen molar-refractivity contribution >= 4 is 22.9 Å². The van der Waals surface area contributed by atoms with Gasteiger partial charge in [-0.05, 0) is 59.1 Å². The lowest BCUT2D eigenvalue weighted by molar-refractivity contribution is -0.0583. The summed E-state index contributed by atoms with van der Waals surface area (Å²) in [7, 11) is 0. The molecule has 11 heteroatoms. The van der Waals surface area contributed by atoms with E-state index >= 15 is 0 Å². The fourth-order valence-electron chi connectivity index (χ4n) is 5.80. The van der Waals surface area contributed by atoms with Crippen LogP contribution in [-0.4, -0.2) is 96.3 Å². The van der Waals surface area contributed by atoms with Crippen LogP contribution in [0.2, 0.25) is 0 Å². The van der Waals surface area contributed by atoms with E-state index < -0.39 is 30.1 Å². The number of hydrogen-bond donors (Lipinski definition) is 3. The standard InChI is InChI=1S/C24H36N6O5/c1-23(2,3)35-22(33)28-11-7-24(8-12-28)6-4-9-29(24)13-16-17(31)18(32)21(34-16)30-10-5-15-19(25)26-14-27-20(15)30/h5,10,14,16-18,21,31-32H,4,6-9,11-13H2,1-3H3,(H2,25,26,27)/t16-,17-,18-,21-/m1/s1. The van der Waals surface area contributed by atoms with Crippen LogP contribution in [0.3, 0.4) is 0 Å². The Kier molecular flexibility index (Phi) is 6.15. The summed E-state index contributed by atoms with van der Waals surface area (Å²) in [6.07, 6.45) is 3.21. The number of fused-ring (bicyclic) bond motifs is 1. The van der Waals surface area contributed by atoms with Gasteiger partial charge in [-0.3, -0.25) is 4.90 Å². The van der Waals surface area contributed by atoms with Crippen molar-refractivity contribution in [2.24, 2.45) is 0 Å². The fraction of sp³-hybridized carbons (Fsp3) is 0.708. The second-order valence-electron chi connectivity index (χ2n) is 11.0. The minimum atomic E-state index is -1.10. The third-order valence-electron chi connectivity index (χ3n) is 7.64. The van der Waals surface area contributed by atoms with Crippen molar-refractivity contribution in [2.45, 2.75) is 82.1 Å². The highest BCUT2D eigenvalue weighted by atomic mass is 16.6. The molecule has 4 atom stereocenters. The third-order valence-corrected chi connectivity index (χ3v) is 7.64. The molecule has 5 rings (SSSR count). The Morgan fingerprint density at radius 2 is 1.94 bits per heavy atom. The molecule has 0 unspecified atom stereocenters. The zero-order chi connectivity index (χ0) is 25.0. The van der Waals surface area contributed by atoms with Crippen LogP contribution in [-0.2, 0) is 9.47 Å². The summed E-state index contributed by atoms with van der Waals surface area (Å²) < 4.78 is 13.5. The van der Waals surface area contributed by atoms with Crippen molar-refractivity contribution in [3.05, 3.63) is 18.6 Å². The molecule has 3 aliphatic heterocycles. The summed E-state index contributed by atoms with van der Waals surface area (Å²) in [6, 6.07) is 1.79. The zero-order valence-corrected chi connectivity index (χ0v) is 20.6. The van der Waals surface area contributed by atoms with Crippen LogP contribution in [0.5, 0.6) is 0 Å². The number of hydrogen-bond acceptors (Lipinski definition) is 9. The molecule has 1 spiro atoms. The molecule has 11 nitrogen and oxygen atoms in total. The van der Waals surface area contributed by atoms with Crippen LogP contribution >= 0.6 is 0 Å². The molecule has 3 fully saturated rings. The molecule has 5 heterocycles. The number of piperidine rings is 1. The largest absolute Gasteiger partial charge is 0.444 e. The number of ether oxygens (including phenoxy) is 2. The van der Waals surface area contributed by atoms with Gasteiger partial charge in [-0.2, -0.15) is 0 Å². The number of likely N-dealkylation sites (tertiary alicyclic amines) is 2. The van der Waals surface area contributed by atoms with Gasteiger partial charge in [-0.25, -0.2) is 14.8 Å². The van der Waals surface area contributed by atoms with Gasteiger partial charge >= 0.3 is 6.09 Å². The van der Waals surface area contributed by atoms with E-state index in [1.54, 1.807) is 21.7 Å². The lowest BCUT2D eigenvalue weighted by Gasteiger charge is -2.45. The van der Waals surface area contributed by atoms with Gasteiger partial charge in [0.25, 0.3) is 0 Å². The SMILES string of the molecule is CC(C)(C)OC(=O)N1CCC2(CCCN2C[C@H]2O[C@@H](n3ccc4c(N)ncnc43)[C@H](O)[C@@H]2O)CC1. The number of amides is 1. The van der Waals surface area contributed by atoms with Gasteiger partial charge in [-0.1, -0.05) is 0 Å². The van der Waals surface area contributed by atoms with Gasteiger partial charge in [-0.15, -0.1) is 0 Å². The van der Waals surface area contributed by atoms with E-state index in [0.29, 0.717) is 36.5 Å². The molecule has 0 radical (unpaired) electrons. The van der Waals surface area contributed by atoms with Gasteiger partial charge in [0.2, 0.25) is 0 Å². The van der Waals surface area contributed by atoms with Gasteiger partial charge in [0, 0.05) is 31.4 Å². The first-order chi connectivity index (χ1) is 16.6. The third kappa shape index (κ3) is 4.46. The predicted octanol–water partition coefficient (Wildman–Crippen LogP) is 1.50. The van der Waals surface area contributed by atoms with E-state index in [9.17, 15) is 15.0 Å². The Bertz CT molecular complexity index is 1080. The molecule has 0 aromatic carbocycles. The van der Waals surface area contributed by atoms with E-state index in [1.807, 2.05) is 20.8 Å². The number of carbonyl (C=O) groups is 1. The molecule has 0 aliphatic carbocycles. The summed E-state index contributed by atoms with van der Waals surface area (Å²) in [5.41, 5.74) is 5.96. The van der Waals surface area contributed by atoms with E-state index in [4.69, 9.17) is 15.2 Å². The van der Waals surface area contributed by atoms with Crippen LogP contribution in [0.25, 0.3) is 11.0 Å². The van der Waals surface area contributed by atoms with Crippen molar-refractivity contribution in [3.8, 4) is 0 Å². The highest BCUT2D eigenvalue weighted by Crippen LogP contribution is 2.41. The van der Waals surface area contributed by atoms with Crippen molar-refractivity contribution < 1.29 is 24.5 Å². The Hall–Kier alpha value is -2.47. The number of aliphatic hydroxyl groups is 2. The van der Waals surface area contributed by atoms with Crippen LogP contribution < -0.4 is 5.73 Å². The second kappa shape index (κ2) is 8.88. The lowest BCUT2D eigenvalue weighted by atomic mass is 9.84. The highest BCUT2D eigenvalue weighted by Gasteiger charge is 2.49. The number of anilines is 1. The molecule has 2 aromatic heterocycles. The number of rotatable bonds is 3. The summed E-state index contributed by atoms with van der Waals surface area (Å²) in [4.78, 5) is 25.0. The molecular weight excluding hydrogens is 452 g/mol. The molecule has 0 bridgehead atoms. The van der Waals surface area contributed by atoms with Crippen LogP contribution in [0, 0.1) is 0 Å². The summed E-state index contributed by atoms with van der Waals surface area (Å²) in [5, 5.41) is 22.4. The topological polar surface area (TPSA) is 139 Å². The Labute approximate surface area is 204 Å². The van der Waals surface area contributed by atoms with Gasteiger partial charge in [0.15, 0.2) is 6.23 Å². The lowest BCUT2D eigenvalue weighted by Crippen LogP contribution is -2.56. The van der Waals surface area contributed by atoms with Gasteiger partial charge in [0.1, 0.15) is 41.7 Å². The van der Waals surface area contributed by atoms with E-state index in [-0.39, 0.29) is 11.6 Å². The highest BCUT2D eigenvalue weighted by molar-refractivity contribution is 5.86. The number of carbonyl (C=O) groups excluding carboxylic acids is 1. The Morgan fingerprint density at radius 3 is 2.66 bits per heavy atom. The maximum atomic E-state index is 12.5. The fourth-order valence-corrected chi connectivity index (χ4v) is 5.80. The van der Waals surface area contributed by atoms with E-state index in [1.165, 1.54) is 6.33 Å². The maximum Gasteiger partial charge on any atom is 0.410 e. The smallest absolute Gasteiger partial charge is 0.410 e. The predicted molar refractivity (Wildman–Crippen MR) is 128 cm³/mol. The molecule has 3 saturated heterocycles. The molecule has 35 heavy (non-hydrogen) atoms. The number of aliphatic hydroxyl groups excluding tert-OH is 2. The molecular formula is C24H36N6O5. The number of aromatic nitrogens is 3. The molecule has 192 valence electrons. The number of nitrogens with zero attached hydrogens (tertiary/aromatic N) is 5. The molecule has 2 aromatic rings. The minimum Gasteiger partial charge on any atom is -0.444 e. The normalized spacial score (nSPS) is 29.3. The summed E-state index contributed by atoms with van der Waals surface area (Å²) >= 11 is 0. The quantitative estimate of drug-likeness (QED) is 0.586. The first-order valence-electron chi connectivity index (χ1n) is 12.4. The first kappa shape index (κ1) is 24.2. The first-order valence-corrected chi connectivity index (χ1v) is 12.4. The molecule has 0 saturated carbocycles. The van der Waals surface area contributed by atoms with Crippen molar-refractivity contribution in [3.63, 3.8) is 0 Å². The van der Waals surface area contributed by atoms with Crippen LogP contribution in [0.15, 0.2) is 18.6 Å². The van der Waals surface area contributed by atoms with Crippen LogP contribution in [0.4, 0.5) is 10.6 Å². The van der Waals surface area contributed by atoms with Gasteiger partial charge < -0.3 is 34.9 Å². The maximum absolute atomic E-state index is 12.5. The Morgan fingerprint density at radius 1 is 1.20 bits per heavy atom. The average Bonchev–Trinajstić information content (AvgIpc) is 3.47. The van der Waals surface area contributed by atoms with Crippen molar-refractivity contribution in [2.75, 3.05) is 31.9 Å². The second-order valence-corrected chi connectivity index (χ2v) is 11.0. The minimum absolute atomic E-state index is 0.0353. The molecule has 4 N–H and O–H groups in total. The number of nitrogen functional groups attached to an aromatic ring is 1. The average molecular weight is 489 g/mol. The molecule has 3 aliphatic rings. The zero-order valence-electron chi connectivity index (χ0n) is 20.6.